The van der Waals surface area contributed by atoms with Gasteiger partial charge in [-0.3, -0.25) is 4.79 Å². The molecule has 2 aromatic carbocycles. The highest BCUT2D eigenvalue weighted by Crippen LogP contribution is 2.26. The van der Waals surface area contributed by atoms with Crippen molar-refractivity contribution < 1.29 is 4.79 Å². The van der Waals surface area contributed by atoms with E-state index in [-0.39, 0.29) is 11.9 Å². The Morgan fingerprint density at radius 2 is 1.80 bits per heavy atom. The number of carbonyl (C=O) groups is 1. The maximum atomic E-state index is 12.6. The van der Waals surface area contributed by atoms with Gasteiger partial charge in [-0.2, -0.15) is 0 Å². The molecular weight excluding hydrogens is 306 g/mol. The lowest BCUT2D eigenvalue weighted by Crippen LogP contribution is -2.30. The maximum absolute atomic E-state index is 12.6. The first-order valence-electron chi connectivity index (χ1n) is 9.54. The lowest BCUT2D eigenvalue weighted by atomic mass is 9.88. The van der Waals surface area contributed by atoms with Crippen LogP contribution in [0.4, 0.5) is 0 Å². The number of rotatable bonds is 5. The predicted molar refractivity (Wildman–Crippen MR) is 104 cm³/mol. The Balaban J connectivity index is 1.71. The highest BCUT2D eigenvalue weighted by atomic mass is 16.1. The zero-order valence-electron chi connectivity index (χ0n) is 15.7. The van der Waals surface area contributed by atoms with Crippen LogP contribution in [0, 0.1) is 13.8 Å². The molecule has 0 radical (unpaired) electrons. The first-order valence-corrected chi connectivity index (χ1v) is 9.54. The van der Waals surface area contributed by atoms with Crippen molar-refractivity contribution in [3.05, 3.63) is 69.8 Å². The molecule has 1 atom stereocenters. The van der Waals surface area contributed by atoms with Gasteiger partial charge in [-0.1, -0.05) is 48.9 Å². The maximum Gasteiger partial charge on any atom is 0.224 e. The zero-order valence-corrected chi connectivity index (χ0v) is 15.7. The minimum Gasteiger partial charge on any atom is -0.349 e. The monoisotopic (exact) mass is 335 g/mol. The van der Waals surface area contributed by atoms with Crippen LogP contribution in [-0.2, 0) is 24.1 Å². The van der Waals surface area contributed by atoms with Crippen LogP contribution in [0.5, 0.6) is 0 Å². The van der Waals surface area contributed by atoms with E-state index in [4.69, 9.17) is 0 Å². The summed E-state index contributed by atoms with van der Waals surface area (Å²) in [4.78, 5) is 12.6. The van der Waals surface area contributed by atoms with Crippen molar-refractivity contribution in [3.63, 3.8) is 0 Å². The van der Waals surface area contributed by atoms with Crippen molar-refractivity contribution in [2.45, 2.75) is 65.3 Å². The molecule has 1 aliphatic carbocycles. The van der Waals surface area contributed by atoms with Gasteiger partial charge in [0.05, 0.1) is 12.5 Å². The summed E-state index contributed by atoms with van der Waals surface area (Å²) < 4.78 is 0. The number of hydrogen-bond donors (Lipinski definition) is 1. The smallest absolute Gasteiger partial charge is 0.224 e. The van der Waals surface area contributed by atoms with Gasteiger partial charge in [0.15, 0.2) is 0 Å². The fourth-order valence-electron chi connectivity index (χ4n) is 3.80. The second-order valence-electron chi connectivity index (χ2n) is 7.37. The first-order chi connectivity index (χ1) is 12.1. The van der Waals surface area contributed by atoms with Crippen molar-refractivity contribution in [2.24, 2.45) is 0 Å². The Morgan fingerprint density at radius 1 is 1.04 bits per heavy atom. The molecule has 132 valence electrons. The van der Waals surface area contributed by atoms with E-state index in [9.17, 15) is 4.79 Å². The van der Waals surface area contributed by atoms with Gasteiger partial charge in [-0.05, 0) is 73.8 Å². The molecule has 1 N–H and O–H groups in total. The Kier molecular flexibility index (Phi) is 5.57. The summed E-state index contributed by atoms with van der Waals surface area (Å²) in [6.07, 6.45) is 6.33. The average Bonchev–Trinajstić information content (AvgIpc) is 2.62. The summed E-state index contributed by atoms with van der Waals surface area (Å²) in [5.41, 5.74) is 7.73. The van der Waals surface area contributed by atoms with E-state index in [1.165, 1.54) is 53.5 Å². The summed E-state index contributed by atoms with van der Waals surface area (Å²) >= 11 is 0. The SMILES string of the molecule is CC[C@H](NC(=O)Cc1cc(C)ccc1C)c1ccc2c(c1)CCCC2. The molecule has 0 unspecified atom stereocenters. The summed E-state index contributed by atoms with van der Waals surface area (Å²) in [5.74, 6) is 0.110. The third-order valence-electron chi connectivity index (χ3n) is 5.37. The third-order valence-corrected chi connectivity index (χ3v) is 5.37. The van der Waals surface area contributed by atoms with Gasteiger partial charge in [-0.25, -0.2) is 0 Å². The standard InChI is InChI=1S/C23H29NO/c1-4-22(20-12-11-18-7-5-6-8-19(18)14-20)24-23(25)15-21-13-16(2)9-10-17(21)3/h9-14,22H,4-8,15H2,1-3H3,(H,24,25)/t22-/m0/s1. The summed E-state index contributed by atoms with van der Waals surface area (Å²) in [6.45, 7) is 6.29. The van der Waals surface area contributed by atoms with Crippen molar-refractivity contribution in [2.75, 3.05) is 0 Å². The third kappa shape index (κ3) is 4.31. The van der Waals surface area contributed by atoms with Crippen LogP contribution in [-0.4, -0.2) is 5.91 Å². The number of fused-ring (bicyclic) bond motifs is 1. The molecule has 0 spiro atoms. The van der Waals surface area contributed by atoms with Gasteiger partial charge < -0.3 is 5.32 Å². The van der Waals surface area contributed by atoms with E-state index < -0.39 is 0 Å². The van der Waals surface area contributed by atoms with Crippen molar-refractivity contribution in [1.29, 1.82) is 0 Å². The number of nitrogens with one attached hydrogen (secondary N) is 1. The van der Waals surface area contributed by atoms with Gasteiger partial charge in [-0.15, -0.1) is 0 Å². The van der Waals surface area contributed by atoms with Crippen LogP contribution in [0.2, 0.25) is 0 Å². The molecule has 1 amide bonds. The largest absolute Gasteiger partial charge is 0.349 e. The number of amides is 1. The summed E-state index contributed by atoms with van der Waals surface area (Å²) in [6, 6.07) is 13.2. The molecule has 0 aliphatic heterocycles. The fourth-order valence-corrected chi connectivity index (χ4v) is 3.80. The molecule has 0 bridgehead atoms. The fraction of sp³-hybridized carbons (Fsp3) is 0.435. The molecule has 1 aliphatic rings. The highest BCUT2D eigenvalue weighted by Gasteiger charge is 2.16. The van der Waals surface area contributed by atoms with Gasteiger partial charge in [0.25, 0.3) is 0 Å². The van der Waals surface area contributed by atoms with E-state index in [2.05, 4.69) is 62.5 Å². The first kappa shape index (κ1) is 17.7. The van der Waals surface area contributed by atoms with E-state index >= 15 is 0 Å². The summed E-state index contributed by atoms with van der Waals surface area (Å²) in [7, 11) is 0. The van der Waals surface area contributed by atoms with Crippen LogP contribution < -0.4 is 5.32 Å². The molecule has 2 aromatic rings. The number of aryl methyl sites for hydroxylation is 4. The summed E-state index contributed by atoms with van der Waals surface area (Å²) in [5, 5.41) is 3.25. The zero-order chi connectivity index (χ0) is 17.8. The molecule has 0 aromatic heterocycles. The predicted octanol–water partition coefficient (Wildman–Crippen LogP) is 4.99. The molecule has 0 saturated heterocycles. The topological polar surface area (TPSA) is 29.1 Å². The van der Waals surface area contributed by atoms with Crippen LogP contribution in [0.1, 0.15) is 65.6 Å². The average molecular weight is 335 g/mol. The number of benzene rings is 2. The van der Waals surface area contributed by atoms with Gasteiger partial charge in [0.1, 0.15) is 0 Å². The van der Waals surface area contributed by atoms with E-state index in [0.717, 1.165) is 12.0 Å². The quantitative estimate of drug-likeness (QED) is 0.819. The molecular formula is C23H29NO. The van der Waals surface area contributed by atoms with Gasteiger partial charge in [0, 0.05) is 0 Å². The molecule has 0 heterocycles. The van der Waals surface area contributed by atoms with Crippen LogP contribution in [0.15, 0.2) is 36.4 Å². The Hall–Kier alpha value is -2.09. The molecule has 0 saturated carbocycles. The Bertz CT molecular complexity index is 763. The Labute approximate surface area is 151 Å². The molecule has 2 nitrogen and oxygen atoms in total. The van der Waals surface area contributed by atoms with Crippen LogP contribution in [0.25, 0.3) is 0 Å². The van der Waals surface area contributed by atoms with Gasteiger partial charge >= 0.3 is 0 Å². The minimum absolute atomic E-state index is 0.102. The van der Waals surface area contributed by atoms with E-state index in [1.54, 1.807) is 0 Å². The Morgan fingerprint density at radius 3 is 2.56 bits per heavy atom. The lowest BCUT2D eigenvalue weighted by molar-refractivity contribution is -0.121. The highest BCUT2D eigenvalue weighted by molar-refractivity contribution is 5.79. The number of carbonyl (C=O) groups excluding carboxylic acids is 1. The molecule has 3 rings (SSSR count). The molecule has 2 heteroatoms. The normalized spacial score (nSPS) is 14.7. The second-order valence-corrected chi connectivity index (χ2v) is 7.37. The van der Waals surface area contributed by atoms with E-state index in [1.807, 2.05) is 0 Å². The lowest BCUT2D eigenvalue weighted by Gasteiger charge is -2.22. The van der Waals surface area contributed by atoms with Crippen molar-refractivity contribution in [1.82, 2.24) is 5.32 Å². The molecule has 25 heavy (non-hydrogen) atoms. The van der Waals surface area contributed by atoms with Gasteiger partial charge in [0.2, 0.25) is 5.91 Å². The minimum atomic E-state index is 0.102. The molecule has 0 fully saturated rings. The van der Waals surface area contributed by atoms with Crippen molar-refractivity contribution in [3.8, 4) is 0 Å². The van der Waals surface area contributed by atoms with Crippen LogP contribution in [0.3, 0.4) is 0 Å². The number of hydrogen-bond acceptors (Lipinski definition) is 1. The van der Waals surface area contributed by atoms with Crippen LogP contribution >= 0.6 is 0 Å². The van der Waals surface area contributed by atoms with E-state index in [0.29, 0.717) is 6.42 Å². The second kappa shape index (κ2) is 7.86. The van der Waals surface area contributed by atoms with Crippen molar-refractivity contribution >= 4 is 5.91 Å².